The van der Waals surface area contributed by atoms with E-state index in [1.807, 2.05) is 46.0 Å². The number of hydrogen-bond donors (Lipinski definition) is 2. The number of methoxy groups -OCH3 is 1. The molecule has 9 nitrogen and oxygen atoms in total. The van der Waals surface area contributed by atoms with E-state index in [2.05, 4.69) is 34.0 Å². The number of aromatic nitrogens is 2. The van der Waals surface area contributed by atoms with Gasteiger partial charge in [0.05, 0.1) is 24.9 Å². The van der Waals surface area contributed by atoms with Crippen LogP contribution in [0.2, 0.25) is 5.02 Å². The van der Waals surface area contributed by atoms with Crippen LogP contribution in [-0.2, 0) is 9.53 Å². The van der Waals surface area contributed by atoms with Crippen LogP contribution in [0.4, 0.5) is 11.5 Å². The van der Waals surface area contributed by atoms with Crippen LogP contribution in [0.5, 0.6) is 11.5 Å². The molecule has 3 heterocycles. The lowest BCUT2D eigenvalue weighted by Crippen LogP contribution is -2.39. The number of carbonyl (C=O) groups is 1. The van der Waals surface area contributed by atoms with Crippen LogP contribution in [0.15, 0.2) is 42.7 Å². The molecule has 0 amide bonds. The fourth-order valence-corrected chi connectivity index (χ4v) is 5.32. The fraction of sp³-hybridized carbons (Fsp3) is 0.485. The summed E-state index contributed by atoms with van der Waals surface area (Å²) in [7, 11) is 1.58. The first-order valence-corrected chi connectivity index (χ1v) is 15.0. The minimum absolute atomic E-state index is 0.226. The highest BCUT2D eigenvalue weighted by molar-refractivity contribution is 6.30. The quantitative estimate of drug-likeness (QED) is 0.218. The second kappa shape index (κ2) is 13.4. The fourth-order valence-electron chi connectivity index (χ4n) is 5.15. The van der Waals surface area contributed by atoms with Crippen molar-refractivity contribution < 1.29 is 24.1 Å². The van der Waals surface area contributed by atoms with Gasteiger partial charge in [-0.05, 0) is 70.2 Å². The number of piperidine rings is 1. The van der Waals surface area contributed by atoms with Crippen LogP contribution >= 0.6 is 11.6 Å². The Morgan fingerprint density at radius 1 is 1.12 bits per heavy atom. The normalized spacial score (nSPS) is 15.6. The summed E-state index contributed by atoms with van der Waals surface area (Å²) in [5.41, 5.74) is 3.34. The molecule has 1 atom stereocenters. The van der Waals surface area contributed by atoms with Gasteiger partial charge in [-0.25, -0.2) is 9.78 Å². The first-order chi connectivity index (χ1) is 20.3. The topological polar surface area (TPSA) is 106 Å². The molecule has 0 unspecified atom stereocenters. The maximum absolute atomic E-state index is 12.6. The zero-order chi connectivity index (χ0) is 31.4. The van der Waals surface area contributed by atoms with Crippen LogP contribution in [-0.4, -0.2) is 60.0 Å². The number of nitrogens with zero attached hydrogens (tertiary/aromatic N) is 3. The molecule has 1 aliphatic rings. The second-order valence-electron chi connectivity index (χ2n) is 12.6. The molecule has 1 aromatic carbocycles. The molecule has 10 heteroatoms. The Kier molecular flexibility index (Phi) is 10.1. The number of aryl methyl sites for hydroxylation is 1. The highest BCUT2D eigenvalue weighted by Crippen LogP contribution is 2.43. The first kappa shape index (κ1) is 32.4. The van der Waals surface area contributed by atoms with E-state index >= 15 is 0 Å². The molecular formula is C33H43ClN4O5. The number of nitrogens with one attached hydrogen (secondary N) is 1. The molecule has 1 fully saturated rings. The molecule has 0 bridgehead atoms. The van der Waals surface area contributed by atoms with Gasteiger partial charge in [0, 0.05) is 59.0 Å². The van der Waals surface area contributed by atoms with E-state index < -0.39 is 17.7 Å². The minimum Gasteiger partial charge on any atom is -0.493 e. The summed E-state index contributed by atoms with van der Waals surface area (Å²) in [6, 6.07) is 9.13. The van der Waals surface area contributed by atoms with Crippen molar-refractivity contribution in [2.75, 3.05) is 43.6 Å². The highest BCUT2D eigenvalue weighted by Gasteiger charge is 2.35. The standard InChI is InChI=1S/C33H43ClN4O5/c1-21-28(30(31(39)40)43-32(2,3)4)29(38-15-12-33(5,6)13-16-38)24(20-36-21)22-8-11-27(37-19-22)35-14-17-42-25-10-9-23(34)18-26(25)41-7/h8-11,18-20,30H,12-17H2,1-7H3,(H,35,37)(H,39,40)/t30-/m0/s1. The van der Waals surface area contributed by atoms with E-state index in [9.17, 15) is 9.90 Å². The van der Waals surface area contributed by atoms with Gasteiger partial charge in [0.2, 0.25) is 0 Å². The molecular weight excluding hydrogens is 568 g/mol. The summed E-state index contributed by atoms with van der Waals surface area (Å²) in [5, 5.41) is 14.2. The highest BCUT2D eigenvalue weighted by atomic mass is 35.5. The first-order valence-electron chi connectivity index (χ1n) is 14.6. The van der Waals surface area contributed by atoms with Gasteiger partial charge in [-0.15, -0.1) is 0 Å². The van der Waals surface area contributed by atoms with Gasteiger partial charge in [0.25, 0.3) is 0 Å². The van der Waals surface area contributed by atoms with Gasteiger partial charge < -0.3 is 29.5 Å². The van der Waals surface area contributed by atoms with Gasteiger partial charge in [-0.1, -0.05) is 25.4 Å². The third-order valence-electron chi connectivity index (χ3n) is 7.54. The Hall–Kier alpha value is -3.56. The summed E-state index contributed by atoms with van der Waals surface area (Å²) in [4.78, 5) is 24.2. The smallest absolute Gasteiger partial charge is 0.337 e. The zero-order valence-electron chi connectivity index (χ0n) is 26.2. The molecule has 3 aromatic rings. The van der Waals surface area contributed by atoms with Crippen LogP contribution in [0.3, 0.4) is 0 Å². The van der Waals surface area contributed by atoms with Crippen molar-refractivity contribution >= 4 is 29.1 Å². The maximum Gasteiger partial charge on any atom is 0.337 e. The monoisotopic (exact) mass is 610 g/mol. The van der Waals surface area contributed by atoms with E-state index in [0.717, 1.165) is 42.7 Å². The van der Waals surface area contributed by atoms with Gasteiger partial charge in [-0.2, -0.15) is 0 Å². The Labute approximate surface area is 259 Å². The van der Waals surface area contributed by atoms with Crippen molar-refractivity contribution in [3.63, 3.8) is 0 Å². The lowest BCUT2D eigenvalue weighted by molar-refractivity contribution is -0.160. The molecule has 2 aromatic heterocycles. The number of ether oxygens (including phenoxy) is 3. The minimum atomic E-state index is -1.16. The molecule has 232 valence electrons. The van der Waals surface area contributed by atoms with Crippen LogP contribution in [0.25, 0.3) is 11.1 Å². The molecule has 1 aliphatic heterocycles. The molecule has 0 spiro atoms. The van der Waals surface area contributed by atoms with Crippen molar-refractivity contribution in [2.24, 2.45) is 5.41 Å². The summed E-state index contributed by atoms with van der Waals surface area (Å²) in [5.74, 6) is 0.846. The van der Waals surface area contributed by atoms with E-state index in [-0.39, 0.29) is 5.41 Å². The number of carboxylic acid groups (broad SMARTS) is 1. The lowest BCUT2D eigenvalue weighted by Gasteiger charge is -2.40. The predicted molar refractivity (Wildman–Crippen MR) is 171 cm³/mol. The number of pyridine rings is 2. The maximum atomic E-state index is 12.6. The van der Waals surface area contributed by atoms with Gasteiger partial charge in [-0.3, -0.25) is 4.98 Å². The van der Waals surface area contributed by atoms with Gasteiger partial charge >= 0.3 is 5.97 Å². The van der Waals surface area contributed by atoms with Crippen molar-refractivity contribution in [2.45, 2.75) is 66.1 Å². The Bertz CT molecular complexity index is 1410. The van der Waals surface area contributed by atoms with Crippen molar-refractivity contribution in [3.05, 3.63) is 59.0 Å². The number of anilines is 2. The van der Waals surface area contributed by atoms with Crippen LogP contribution < -0.4 is 19.7 Å². The van der Waals surface area contributed by atoms with Crippen molar-refractivity contribution in [1.29, 1.82) is 0 Å². The molecule has 2 N–H and O–H groups in total. The predicted octanol–water partition coefficient (Wildman–Crippen LogP) is 7.17. The van der Waals surface area contributed by atoms with Gasteiger partial charge in [0.15, 0.2) is 17.6 Å². The number of hydrogen-bond acceptors (Lipinski definition) is 8. The van der Waals surface area contributed by atoms with E-state index in [4.69, 9.17) is 25.8 Å². The van der Waals surface area contributed by atoms with E-state index in [0.29, 0.717) is 46.7 Å². The summed E-state index contributed by atoms with van der Waals surface area (Å²) in [6.45, 7) is 14.5. The number of carboxylic acids is 1. The molecule has 0 radical (unpaired) electrons. The third kappa shape index (κ3) is 8.30. The van der Waals surface area contributed by atoms with E-state index in [1.54, 1.807) is 31.5 Å². The molecule has 1 saturated heterocycles. The van der Waals surface area contributed by atoms with Crippen molar-refractivity contribution in [1.82, 2.24) is 9.97 Å². The third-order valence-corrected chi connectivity index (χ3v) is 7.78. The second-order valence-corrected chi connectivity index (χ2v) is 13.1. The van der Waals surface area contributed by atoms with Gasteiger partial charge in [0.1, 0.15) is 12.4 Å². The average molecular weight is 611 g/mol. The molecule has 0 aliphatic carbocycles. The number of aliphatic carboxylic acids is 1. The summed E-state index contributed by atoms with van der Waals surface area (Å²) in [6.07, 6.45) is 4.44. The number of benzene rings is 1. The van der Waals surface area contributed by atoms with Crippen molar-refractivity contribution in [3.8, 4) is 22.6 Å². The Morgan fingerprint density at radius 2 is 1.84 bits per heavy atom. The summed E-state index contributed by atoms with van der Waals surface area (Å²) >= 11 is 6.03. The van der Waals surface area contributed by atoms with Crippen LogP contribution in [0.1, 0.15) is 64.8 Å². The largest absolute Gasteiger partial charge is 0.493 e. The summed E-state index contributed by atoms with van der Waals surface area (Å²) < 4.78 is 17.3. The molecule has 4 rings (SSSR count). The molecule has 0 saturated carbocycles. The lowest BCUT2D eigenvalue weighted by atomic mass is 9.82. The Morgan fingerprint density at radius 3 is 2.44 bits per heavy atom. The zero-order valence-corrected chi connectivity index (χ0v) is 26.9. The Balaban J connectivity index is 1.60. The van der Waals surface area contributed by atoms with Crippen LogP contribution in [0, 0.1) is 12.3 Å². The van der Waals surface area contributed by atoms with E-state index in [1.165, 1.54) is 0 Å². The number of halogens is 1. The SMILES string of the molecule is COc1cc(Cl)ccc1OCCNc1ccc(-c2cnc(C)c([C@H](OC(C)(C)C)C(=O)O)c2N2CCC(C)(C)CC2)cn1. The molecule has 43 heavy (non-hydrogen) atoms. The average Bonchev–Trinajstić information content (AvgIpc) is 2.94. The number of rotatable bonds is 11.